The number of aryl methyl sites for hydroxylation is 1. The number of fused-ring (bicyclic) bond motifs is 1. The number of ether oxygens (including phenoxy) is 1. The molecule has 2 N–H and O–H groups in total. The van der Waals surface area contributed by atoms with Crippen LogP contribution in [0.15, 0.2) is 72.7 Å². The summed E-state index contributed by atoms with van der Waals surface area (Å²) in [6.45, 7) is 2.26. The van der Waals surface area contributed by atoms with Crippen molar-refractivity contribution >= 4 is 26.7 Å². The summed E-state index contributed by atoms with van der Waals surface area (Å²) in [5.74, 6) is -0.0279. The highest BCUT2D eigenvalue weighted by Crippen LogP contribution is 2.37. The van der Waals surface area contributed by atoms with Crippen molar-refractivity contribution in [3.8, 4) is 5.75 Å². The summed E-state index contributed by atoms with van der Waals surface area (Å²) >= 11 is 0. The number of aliphatic hydroxyl groups excluding tert-OH is 1. The summed E-state index contributed by atoms with van der Waals surface area (Å²) in [5.41, 5.74) is 2.36. The number of hydrogen-bond acceptors (Lipinski definition) is 4. The van der Waals surface area contributed by atoms with Crippen LogP contribution >= 0.6 is 0 Å². The maximum atomic E-state index is 12.3. The van der Waals surface area contributed by atoms with Crippen LogP contribution in [0.3, 0.4) is 0 Å². The van der Waals surface area contributed by atoms with Crippen molar-refractivity contribution in [2.24, 2.45) is 0 Å². The Balaban J connectivity index is 1.81. The topological polar surface area (TPSA) is 78.9 Å². The number of anilines is 1. The van der Waals surface area contributed by atoms with E-state index in [4.69, 9.17) is 4.74 Å². The van der Waals surface area contributed by atoms with E-state index in [0.717, 1.165) is 32.4 Å². The number of benzene rings is 3. The van der Waals surface area contributed by atoms with E-state index >= 15 is 0 Å². The minimum absolute atomic E-state index is 0.294. The average molecular weight is 382 g/mol. The molecule has 0 spiro atoms. The standard InChI is InChI=1S/C20H18N2O4S/c1-14-7-8-16-11-19(26-13-15-5-3-2-4-6-15)18(10-17(16)9-14)22-12-20(23)21-27(22,24)25/h2-12,21,23H,13H2,1H3. The maximum absolute atomic E-state index is 12.3. The Hall–Kier alpha value is -3.19. The molecule has 3 aromatic carbocycles. The number of aliphatic hydroxyl groups is 1. The molecule has 138 valence electrons. The molecule has 7 heteroatoms. The van der Waals surface area contributed by atoms with Crippen LogP contribution in [0.2, 0.25) is 0 Å². The second-order valence-electron chi connectivity index (χ2n) is 6.36. The van der Waals surface area contributed by atoms with E-state index in [0.29, 0.717) is 18.0 Å². The van der Waals surface area contributed by atoms with Crippen LogP contribution in [0.25, 0.3) is 10.8 Å². The van der Waals surface area contributed by atoms with Crippen molar-refractivity contribution in [2.45, 2.75) is 13.5 Å². The summed E-state index contributed by atoms with van der Waals surface area (Å²) < 4.78 is 33.7. The highest BCUT2D eigenvalue weighted by Gasteiger charge is 2.31. The average Bonchev–Trinajstić information content (AvgIpc) is 2.92. The lowest BCUT2D eigenvalue weighted by molar-refractivity contribution is 0.308. The summed E-state index contributed by atoms with van der Waals surface area (Å²) in [6.07, 6.45) is 1.13. The van der Waals surface area contributed by atoms with Crippen molar-refractivity contribution in [3.05, 3.63) is 83.9 Å². The van der Waals surface area contributed by atoms with E-state index in [1.807, 2.05) is 61.5 Å². The molecule has 4 rings (SSSR count). The normalized spacial score (nSPS) is 15.4. The van der Waals surface area contributed by atoms with Crippen molar-refractivity contribution in [3.63, 3.8) is 0 Å². The smallest absolute Gasteiger partial charge is 0.330 e. The second-order valence-corrected chi connectivity index (χ2v) is 7.91. The van der Waals surface area contributed by atoms with Crippen LogP contribution < -0.4 is 13.8 Å². The van der Waals surface area contributed by atoms with Crippen molar-refractivity contribution < 1.29 is 18.3 Å². The first-order valence-corrected chi connectivity index (χ1v) is 9.80. The fourth-order valence-electron chi connectivity index (χ4n) is 2.99. The third-order valence-corrected chi connectivity index (χ3v) is 5.57. The summed E-state index contributed by atoms with van der Waals surface area (Å²) in [5, 5.41) is 11.5. The monoisotopic (exact) mass is 382 g/mol. The van der Waals surface area contributed by atoms with Crippen molar-refractivity contribution in [1.82, 2.24) is 4.72 Å². The Labute approximate surface area is 157 Å². The van der Waals surface area contributed by atoms with Gasteiger partial charge in [-0.3, -0.25) is 0 Å². The molecule has 0 amide bonds. The number of nitrogens with zero attached hydrogens (tertiary/aromatic N) is 1. The van der Waals surface area contributed by atoms with E-state index < -0.39 is 16.1 Å². The van der Waals surface area contributed by atoms with E-state index in [-0.39, 0.29) is 0 Å². The number of rotatable bonds is 4. The zero-order chi connectivity index (χ0) is 19.0. The van der Waals surface area contributed by atoms with E-state index in [2.05, 4.69) is 4.72 Å². The quantitative estimate of drug-likeness (QED) is 0.721. The Bertz CT molecular complexity index is 1140. The van der Waals surface area contributed by atoms with Crippen LogP contribution in [0.1, 0.15) is 11.1 Å². The molecule has 0 saturated carbocycles. The van der Waals surface area contributed by atoms with Crippen molar-refractivity contribution in [1.29, 1.82) is 0 Å². The molecule has 6 nitrogen and oxygen atoms in total. The van der Waals surface area contributed by atoms with Crippen LogP contribution in [0.5, 0.6) is 5.75 Å². The molecule has 1 aliphatic heterocycles. The molecular formula is C20H18N2O4S. The van der Waals surface area contributed by atoms with Gasteiger partial charge in [0.15, 0.2) is 0 Å². The predicted octanol–water partition coefficient (Wildman–Crippen LogP) is 3.74. The predicted molar refractivity (Wildman–Crippen MR) is 105 cm³/mol. The van der Waals surface area contributed by atoms with Crippen molar-refractivity contribution in [2.75, 3.05) is 4.31 Å². The minimum atomic E-state index is -3.91. The fourth-order valence-corrected chi connectivity index (χ4v) is 4.05. The van der Waals surface area contributed by atoms with E-state index in [1.165, 1.54) is 0 Å². The summed E-state index contributed by atoms with van der Waals surface area (Å²) in [6, 6.07) is 19.1. The lowest BCUT2D eigenvalue weighted by Gasteiger charge is -2.19. The summed E-state index contributed by atoms with van der Waals surface area (Å²) in [7, 11) is -3.91. The largest absolute Gasteiger partial charge is 0.493 e. The van der Waals surface area contributed by atoms with E-state index in [9.17, 15) is 13.5 Å². The molecule has 0 fully saturated rings. The minimum Gasteiger partial charge on any atom is -0.493 e. The number of hydrogen-bond donors (Lipinski definition) is 2. The van der Waals surface area contributed by atoms with Crippen LogP contribution in [0.4, 0.5) is 5.69 Å². The van der Waals surface area contributed by atoms with Gasteiger partial charge in [-0.2, -0.15) is 8.42 Å². The first kappa shape index (κ1) is 17.2. The number of nitrogens with one attached hydrogen (secondary N) is 1. The molecule has 3 aromatic rings. The molecule has 0 atom stereocenters. The van der Waals surface area contributed by atoms with Crippen LogP contribution in [0, 0.1) is 6.92 Å². The molecule has 1 aliphatic rings. The third-order valence-electron chi connectivity index (χ3n) is 4.28. The van der Waals surface area contributed by atoms with Gasteiger partial charge in [0.05, 0.1) is 6.20 Å². The zero-order valence-electron chi connectivity index (χ0n) is 14.6. The molecule has 0 bridgehead atoms. The Kier molecular flexibility index (Phi) is 4.16. The highest BCUT2D eigenvalue weighted by atomic mass is 32.2. The molecular weight excluding hydrogens is 364 g/mol. The van der Waals surface area contributed by atoms with Gasteiger partial charge in [-0.1, -0.05) is 54.1 Å². The molecule has 0 saturated heterocycles. The van der Waals surface area contributed by atoms with E-state index in [1.54, 1.807) is 6.07 Å². The second kappa shape index (κ2) is 6.51. The first-order valence-electron chi connectivity index (χ1n) is 8.36. The van der Waals surface area contributed by atoms with Gasteiger partial charge in [-0.05, 0) is 35.4 Å². The van der Waals surface area contributed by atoms with Gasteiger partial charge >= 0.3 is 10.2 Å². The van der Waals surface area contributed by atoms with Crippen LogP contribution in [-0.2, 0) is 16.8 Å². The zero-order valence-corrected chi connectivity index (χ0v) is 15.4. The SMILES string of the molecule is Cc1ccc2cc(OCc3ccccc3)c(N3C=C(O)NS3(=O)=O)cc2c1. The molecule has 0 unspecified atom stereocenters. The lowest BCUT2D eigenvalue weighted by atomic mass is 10.1. The van der Waals surface area contributed by atoms with Gasteiger partial charge < -0.3 is 9.84 Å². The van der Waals surface area contributed by atoms with Gasteiger partial charge in [-0.15, -0.1) is 0 Å². The van der Waals surface area contributed by atoms with Gasteiger partial charge in [0.1, 0.15) is 18.0 Å². The van der Waals surface area contributed by atoms with Crippen LogP contribution in [-0.4, -0.2) is 13.5 Å². The van der Waals surface area contributed by atoms with Gasteiger partial charge in [0.2, 0.25) is 5.88 Å². The van der Waals surface area contributed by atoms with Gasteiger partial charge in [0, 0.05) is 0 Å². The molecule has 0 radical (unpaired) electrons. The lowest BCUT2D eigenvalue weighted by Crippen LogP contribution is -2.29. The Morgan fingerprint density at radius 1 is 1.04 bits per heavy atom. The molecule has 1 heterocycles. The molecule has 0 aromatic heterocycles. The van der Waals surface area contributed by atoms with Gasteiger partial charge in [-0.25, -0.2) is 9.03 Å². The summed E-state index contributed by atoms with van der Waals surface area (Å²) in [4.78, 5) is 0. The maximum Gasteiger partial charge on any atom is 0.330 e. The third kappa shape index (κ3) is 3.41. The first-order chi connectivity index (χ1) is 12.9. The highest BCUT2D eigenvalue weighted by molar-refractivity contribution is 7.91. The molecule has 27 heavy (non-hydrogen) atoms. The Morgan fingerprint density at radius 3 is 2.52 bits per heavy atom. The fraction of sp³-hybridized carbons (Fsp3) is 0.100. The molecule has 0 aliphatic carbocycles. The Morgan fingerprint density at radius 2 is 1.81 bits per heavy atom. The van der Waals surface area contributed by atoms with Gasteiger partial charge in [0.25, 0.3) is 0 Å².